The van der Waals surface area contributed by atoms with Gasteiger partial charge in [0, 0.05) is 84.3 Å². The zero-order chi connectivity index (χ0) is 61.6. The molecule has 0 aromatic heterocycles. The molecule has 4 aliphatic rings. The van der Waals surface area contributed by atoms with E-state index in [2.05, 4.69) is 53.5 Å². The second-order valence-electron chi connectivity index (χ2n) is 24.3. The fraction of sp³-hybridized carbons (Fsp3) is 0.516. The summed E-state index contributed by atoms with van der Waals surface area (Å²) in [6, 6.07) is 12.6. The summed E-state index contributed by atoms with van der Waals surface area (Å²) >= 11 is 0.908. The zero-order valence-electron chi connectivity index (χ0n) is 50.2. The van der Waals surface area contributed by atoms with E-state index in [1.807, 2.05) is 66.7 Å². The lowest BCUT2D eigenvalue weighted by Gasteiger charge is -2.32. The number of rotatable bonds is 26. The van der Waals surface area contributed by atoms with E-state index >= 15 is 0 Å². The van der Waals surface area contributed by atoms with Crippen molar-refractivity contribution in [2.24, 2.45) is 0 Å². The molecule has 84 heavy (non-hydrogen) atoms. The molecule has 19 nitrogen and oxygen atoms in total. The topological polar surface area (TPSA) is 245 Å². The van der Waals surface area contributed by atoms with Crippen molar-refractivity contribution >= 4 is 67.1 Å². The van der Waals surface area contributed by atoms with Crippen LogP contribution in [0.4, 0.5) is 11.4 Å². The minimum absolute atomic E-state index is 0.0115. The highest BCUT2D eigenvalue weighted by molar-refractivity contribution is 7.94. The first-order valence-corrected chi connectivity index (χ1v) is 32.3. The maximum atomic E-state index is 12.9. The molecule has 0 bridgehead atoms. The van der Waals surface area contributed by atoms with Crippen LogP contribution < -0.4 is 9.64 Å². The summed E-state index contributed by atoms with van der Waals surface area (Å²) in [6.07, 6.45) is 14.5. The molecule has 458 valence electrons. The Morgan fingerprint density at radius 1 is 0.762 bits per heavy atom. The summed E-state index contributed by atoms with van der Waals surface area (Å²) in [7, 11) is -9.16. The number of hydroxylamine groups is 2. The highest BCUT2D eigenvalue weighted by atomic mass is 32.2. The van der Waals surface area contributed by atoms with Crippen molar-refractivity contribution in [1.29, 1.82) is 0 Å². The van der Waals surface area contributed by atoms with E-state index < -0.39 is 60.1 Å². The first-order valence-electron chi connectivity index (χ1n) is 28.7. The first kappa shape index (κ1) is 66.0. The number of hydrogen-bond donors (Lipinski definition) is 3. The molecule has 22 heteroatoms. The number of anilines is 1. The van der Waals surface area contributed by atoms with Crippen molar-refractivity contribution in [3.8, 4) is 5.75 Å². The molecule has 2 unspecified atom stereocenters. The highest BCUT2D eigenvalue weighted by Crippen LogP contribution is 2.53. The average molecular weight is 1220 g/mol. The first-order chi connectivity index (χ1) is 39.4. The number of carbonyl (C=O) groups is 3. The quantitative estimate of drug-likeness (QED) is 0.0129. The third-order valence-corrected chi connectivity index (χ3v) is 17.9. The van der Waals surface area contributed by atoms with Crippen molar-refractivity contribution in [2.75, 3.05) is 31.2 Å². The number of aryl methyl sites for hydroxylation is 2. The molecule has 2 atom stereocenters. The predicted molar refractivity (Wildman–Crippen MR) is 319 cm³/mol. The normalized spacial score (nSPS) is 20.6. The summed E-state index contributed by atoms with van der Waals surface area (Å²) in [4.78, 5) is 44.5. The fourth-order valence-electron chi connectivity index (χ4n) is 11.4. The maximum absolute atomic E-state index is 12.9. The minimum atomic E-state index is -4.65. The van der Waals surface area contributed by atoms with Gasteiger partial charge in [-0.25, -0.2) is 10.1 Å². The number of carbonyl (C=O) groups excluding carboxylic acids is 3. The molecule has 0 radical (unpaired) electrons. The number of ether oxygens (including phenoxy) is 3. The van der Waals surface area contributed by atoms with Crippen molar-refractivity contribution < 1.29 is 78.6 Å². The van der Waals surface area contributed by atoms with Gasteiger partial charge in [-0.15, -0.1) is 9.40 Å². The molecular formula is C62H82N3O16S3+. The number of unbranched alkanes of at least 4 members (excludes halogenated alkanes) is 3. The number of hydrogen-bond acceptors (Lipinski definition) is 16. The largest absolute Gasteiger partial charge is 0.457 e. The standard InChI is InChI=1S/C62H81N3O16S3/c1-12-13-33-63-51(61(10,31-35-76-59(4,5)6)49-39-46(82-81-80-69)37-41(2)56(49)63)27-21-43-18-17-19-44(58(43)78-45-23-25-47(26-24-45)83(70,71)72)22-28-52-62(11,32-36-77-60(7,8)9)50-40-48(84(73,74)75)38-42(3)57(50)64(52)34-16-14-15-20-55(68)79-65-53(66)29-30-54(65)67/h21-28,37-40H,12-20,29-36H2,1-11H3,(H2-,69,70,71,72,73,74,75)/p+1. The van der Waals surface area contributed by atoms with E-state index in [4.69, 9.17) is 28.6 Å². The van der Waals surface area contributed by atoms with Crippen LogP contribution in [0, 0.1) is 13.8 Å². The van der Waals surface area contributed by atoms with Gasteiger partial charge in [0.15, 0.2) is 5.71 Å². The predicted octanol–water partition coefficient (Wildman–Crippen LogP) is 12.6. The number of benzene rings is 3. The van der Waals surface area contributed by atoms with E-state index in [-0.39, 0.29) is 35.7 Å². The van der Waals surface area contributed by atoms with Gasteiger partial charge in [-0.3, -0.25) is 18.7 Å². The Balaban J connectivity index is 1.37. The summed E-state index contributed by atoms with van der Waals surface area (Å²) in [5.74, 6) is -0.943. The molecular weight excluding hydrogens is 1140 g/mol. The molecule has 1 aliphatic carbocycles. The van der Waals surface area contributed by atoms with Crippen molar-refractivity contribution in [3.63, 3.8) is 0 Å². The minimum Gasteiger partial charge on any atom is -0.457 e. The number of amides is 2. The smallest absolute Gasteiger partial charge is 0.333 e. The van der Waals surface area contributed by atoms with Gasteiger partial charge in [-0.1, -0.05) is 30.9 Å². The van der Waals surface area contributed by atoms with Gasteiger partial charge in [0.25, 0.3) is 32.1 Å². The highest BCUT2D eigenvalue weighted by Gasteiger charge is 2.49. The SMILES string of the molecule is CCCC[N+]1=C(/C=C/C2=C(Oc3ccc(S(=O)(=O)O)cc3)C(=C/C=C3/N(CCCCCC(=O)ON4C(=O)CCC4=O)c4c(C)cc(S(=O)(=O)O)cc4C3(C)CCOC(C)(C)C)/CCC2)C(C)(CCOC(C)(C)C)c2cc(SOOO)cc(C)c21. The Bertz CT molecular complexity index is 3360. The lowest BCUT2D eigenvalue weighted by molar-refractivity contribution is -0.438. The number of nitrogens with zero attached hydrogens (tertiary/aromatic N) is 3. The second kappa shape index (κ2) is 27.0. The number of imide groups is 1. The molecule has 3 aromatic rings. The molecule has 3 N–H and O–H groups in total. The lowest BCUT2D eigenvalue weighted by Crippen LogP contribution is -2.34. The number of fused-ring (bicyclic) bond motifs is 2. The van der Waals surface area contributed by atoms with Gasteiger partial charge in [-0.2, -0.15) is 21.4 Å². The number of allylic oxidation sites excluding steroid dienone is 7. The van der Waals surface area contributed by atoms with Crippen molar-refractivity contribution in [3.05, 3.63) is 118 Å². The molecule has 1 saturated heterocycles. The van der Waals surface area contributed by atoms with Crippen LogP contribution in [0.5, 0.6) is 5.75 Å². The molecule has 3 aromatic carbocycles. The third-order valence-electron chi connectivity index (χ3n) is 15.6. The summed E-state index contributed by atoms with van der Waals surface area (Å²) in [5, 5.41) is 13.7. The van der Waals surface area contributed by atoms with Crippen LogP contribution in [0.1, 0.15) is 168 Å². The van der Waals surface area contributed by atoms with Crippen molar-refractivity contribution in [1.82, 2.24) is 5.06 Å². The van der Waals surface area contributed by atoms with Crippen LogP contribution >= 0.6 is 12.0 Å². The Morgan fingerprint density at radius 3 is 2.01 bits per heavy atom. The van der Waals surface area contributed by atoms with E-state index in [0.29, 0.717) is 85.8 Å². The monoisotopic (exact) mass is 1220 g/mol. The van der Waals surface area contributed by atoms with E-state index in [1.54, 1.807) is 6.92 Å². The van der Waals surface area contributed by atoms with Crippen LogP contribution in [0.2, 0.25) is 0 Å². The van der Waals surface area contributed by atoms with Crippen molar-refractivity contribution in [2.45, 2.75) is 196 Å². The fourth-order valence-corrected chi connectivity index (χ4v) is 13.0. The molecule has 3 aliphatic heterocycles. The van der Waals surface area contributed by atoms with Gasteiger partial charge in [-0.05, 0) is 197 Å². The molecule has 0 saturated carbocycles. The van der Waals surface area contributed by atoms with Crippen LogP contribution in [-0.2, 0) is 69.1 Å². The maximum Gasteiger partial charge on any atom is 0.333 e. The van der Waals surface area contributed by atoms with Gasteiger partial charge in [0.1, 0.15) is 18.1 Å². The van der Waals surface area contributed by atoms with Crippen LogP contribution in [0.15, 0.2) is 110 Å². The van der Waals surface area contributed by atoms with Gasteiger partial charge < -0.3 is 23.9 Å². The summed E-state index contributed by atoms with van der Waals surface area (Å²) < 4.78 is 97.6. The zero-order valence-corrected chi connectivity index (χ0v) is 52.6. The second-order valence-corrected chi connectivity index (χ2v) is 27.9. The van der Waals surface area contributed by atoms with Gasteiger partial charge in [0.2, 0.25) is 5.69 Å². The average Bonchev–Trinajstić information content (AvgIpc) is 1.65. The third kappa shape index (κ3) is 15.9. The molecule has 3 heterocycles. The Morgan fingerprint density at radius 2 is 1.40 bits per heavy atom. The van der Waals surface area contributed by atoms with Crippen LogP contribution in [-0.4, -0.2) is 102 Å². The van der Waals surface area contributed by atoms with E-state index in [9.17, 15) is 40.3 Å². The Hall–Kier alpha value is -5.53. The van der Waals surface area contributed by atoms with Crippen LogP contribution in [0.25, 0.3) is 0 Å². The molecule has 2 amide bonds. The Kier molecular flexibility index (Phi) is 21.2. The molecule has 7 rings (SSSR count). The summed E-state index contributed by atoms with van der Waals surface area (Å²) in [6.45, 7) is 24.1. The lowest BCUT2D eigenvalue weighted by atomic mass is 9.76. The van der Waals surface area contributed by atoms with Crippen LogP contribution in [0.3, 0.4) is 0 Å². The Labute approximate surface area is 499 Å². The molecule has 0 spiro atoms. The van der Waals surface area contributed by atoms with Gasteiger partial charge >= 0.3 is 5.97 Å². The van der Waals surface area contributed by atoms with E-state index in [1.165, 1.54) is 36.4 Å². The van der Waals surface area contributed by atoms with Gasteiger partial charge in [0.05, 0.1) is 38.5 Å². The van der Waals surface area contributed by atoms with E-state index in [0.717, 1.165) is 87.8 Å². The molecule has 1 fully saturated rings. The summed E-state index contributed by atoms with van der Waals surface area (Å²) in [5.41, 5.74) is 6.31.